The Kier molecular flexibility index (Phi) is 3.89. The molecule has 126 valence electrons. The highest BCUT2D eigenvalue weighted by atomic mass is 16.2. The molecule has 1 aliphatic rings. The fourth-order valence-electron chi connectivity index (χ4n) is 3.09. The van der Waals surface area contributed by atoms with Crippen LogP contribution in [0.4, 0.5) is 5.95 Å². The number of H-pyrrole nitrogens is 1. The van der Waals surface area contributed by atoms with Crippen LogP contribution >= 0.6 is 0 Å². The van der Waals surface area contributed by atoms with Gasteiger partial charge in [-0.2, -0.15) is 0 Å². The molecule has 1 aromatic carbocycles. The van der Waals surface area contributed by atoms with Crippen LogP contribution in [0.25, 0.3) is 10.9 Å². The van der Waals surface area contributed by atoms with Crippen molar-refractivity contribution in [2.45, 2.75) is 12.5 Å². The van der Waals surface area contributed by atoms with Crippen molar-refractivity contribution < 1.29 is 4.79 Å². The zero-order valence-electron chi connectivity index (χ0n) is 13.5. The van der Waals surface area contributed by atoms with Gasteiger partial charge in [0.15, 0.2) is 0 Å². The third-order valence-electron chi connectivity index (χ3n) is 4.36. The molecule has 0 bridgehead atoms. The molecule has 1 atom stereocenters. The van der Waals surface area contributed by atoms with Crippen LogP contribution < -0.4 is 10.9 Å². The lowest BCUT2D eigenvalue weighted by Crippen LogP contribution is -2.32. The number of likely N-dealkylation sites (tertiary alicyclic amines) is 1. The number of nitrogens with one attached hydrogen (secondary N) is 2. The number of fused-ring (bicyclic) bond motifs is 1. The average Bonchev–Trinajstić information content (AvgIpc) is 3.10. The fraction of sp³-hybridized carbons (Fsp3) is 0.222. The van der Waals surface area contributed by atoms with Crippen molar-refractivity contribution in [3.05, 3.63) is 64.7 Å². The highest BCUT2D eigenvalue weighted by Gasteiger charge is 2.27. The number of pyridine rings is 1. The van der Waals surface area contributed by atoms with Crippen molar-refractivity contribution in [2.75, 3.05) is 18.4 Å². The van der Waals surface area contributed by atoms with Gasteiger partial charge in [-0.25, -0.2) is 4.98 Å². The molecule has 3 aromatic rings. The van der Waals surface area contributed by atoms with Crippen LogP contribution in [0.3, 0.4) is 0 Å². The van der Waals surface area contributed by atoms with Crippen molar-refractivity contribution in [1.82, 2.24) is 19.9 Å². The normalized spacial score (nSPS) is 17.0. The van der Waals surface area contributed by atoms with Crippen LogP contribution in [0.15, 0.2) is 53.6 Å². The lowest BCUT2D eigenvalue weighted by Gasteiger charge is -2.17. The summed E-state index contributed by atoms with van der Waals surface area (Å²) in [6.07, 6.45) is 4.03. The SMILES string of the molecule is O=C(c1ccncc1)N1CCC(Nc2nc3ccccc3c(=O)[nH]2)C1. The molecule has 2 N–H and O–H groups in total. The summed E-state index contributed by atoms with van der Waals surface area (Å²) in [5, 5.41) is 3.80. The first-order valence-electron chi connectivity index (χ1n) is 8.15. The minimum Gasteiger partial charge on any atom is -0.351 e. The summed E-state index contributed by atoms with van der Waals surface area (Å²) in [4.78, 5) is 37.5. The highest BCUT2D eigenvalue weighted by Crippen LogP contribution is 2.16. The molecular weight excluding hydrogens is 318 g/mol. The zero-order chi connectivity index (χ0) is 17.2. The lowest BCUT2D eigenvalue weighted by atomic mass is 10.2. The fourth-order valence-corrected chi connectivity index (χ4v) is 3.09. The summed E-state index contributed by atoms with van der Waals surface area (Å²) in [6.45, 7) is 1.23. The maximum Gasteiger partial charge on any atom is 0.260 e. The molecule has 7 heteroatoms. The Morgan fingerprint density at radius 3 is 2.84 bits per heavy atom. The minimum atomic E-state index is -0.171. The number of carbonyl (C=O) groups excluding carboxylic acids is 1. The number of hydrogen-bond donors (Lipinski definition) is 2. The maximum absolute atomic E-state index is 12.5. The van der Waals surface area contributed by atoms with Gasteiger partial charge in [-0.05, 0) is 30.7 Å². The molecule has 7 nitrogen and oxygen atoms in total. The summed E-state index contributed by atoms with van der Waals surface area (Å²) >= 11 is 0. The van der Waals surface area contributed by atoms with Crippen LogP contribution in [0.5, 0.6) is 0 Å². The summed E-state index contributed by atoms with van der Waals surface area (Å²) in [5.41, 5.74) is 1.11. The number of anilines is 1. The van der Waals surface area contributed by atoms with Crippen molar-refractivity contribution in [3.8, 4) is 0 Å². The van der Waals surface area contributed by atoms with Crippen molar-refractivity contribution >= 4 is 22.8 Å². The number of nitrogens with zero attached hydrogens (tertiary/aromatic N) is 3. The molecule has 0 aliphatic carbocycles. The number of amides is 1. The Bertz CT molecular complexity index is 970. The zero-order valence-corrected chi connectivity index (χ0v) is 13.5. The van der Waals surface area contributed by atoms with Gasteiger partial charge in [0.05, 0.1) is 10.9 Å². The second kappa shape index (κ2) is 6.35. The number of para-hydroxylation sites is 1. The smallest absolute Gasteiger partial charge is 0.260 e. The Balaban J connectivity index is 1.48. The first-order valence-corrected chi connectivity index (χ1v) is 8.15. The van der Waals surface area contributed by atoms with Crippen LogP contribution in [-0.4, -0.2) is 44.9 Å². The number of aromatic amines is 1. The van der Waals surface area contributed by atoms with E-state index in [9.17, 15) is 9.59 Å². The van der Waals surface area contributed by atoms with Gasteiger partial charge in [0.2, 0.25) is 5.95 Å². The second-order valence-electron chi connectivity index (χ2n) is 6.05. The molecule has 2 aromatic heterocycles. The topological polar surface area (TPSA) is 91.0 Å². The number of hydrogen-bond acceptors (Lipinski definition) is 5. The predicted octanol–water partition coefficient (Wildman–Crippen LogP) is 1.64. The van der Waals surface area contributed by atoms with E-state index >= 15 is 0 Å². The first-order chi connectivity index (χ1) is 12.2. The Morgan fingerprint density at radius 1 is 1.20 bits per heavy atom. The predicted molar refractivity (Wildman–Crippen MR) is 94.5 cm³/mol. The Hall–Kier alpha value is -3.22. The summed E-state index contributed by atoms with van der Waals surface area (Å²) in [6, 6.07) is 10.7. The third-order valence-corrected chi connectivity index (χ3v) is 4.36. The largest absolute Gasteiger partial charge is 0.351 e. The molecule has 3 heterocycles. The number of rotatable bonds is 3. The van der Waals surface area contributed by atoms with Gasteiger partial charge in [0.1, 0.15) is 0 Å². The van der Waals surface area contributed by atoms with Gasteiger partial charge in [-0.15, -0.1) is 0 Å². The average molecular weight is 335 g/mol. The molecule has 1 unspecified atom stereocenters. The molecule has 0 radical (unpaired) electrons. The quantitative estimate of drug-likeness (QED) is 0.759. The van der Waals surface area contributed by atoms with Gasteiger partial charge < -0.3 is 10.2 Å². The molecule has 4 rings (SSSR count). The van der Waals surface area contributed by atoms with Gasteiger partial charge in [0, 0.05) is 37.1 Å². The van der Waals surface area contributed by atoms with Crippen molar-refractivity contribution in [2.24, 2.45) is 0 Å². The first kappa shape index (κ1) is 15.3. The summed E-state index contributed by atoms with van der Waals surface area (Å²) in [5.74, 6) is 0.429. The molecule has 0 spiro atoms. The third kappa shape index (κ3) is 3.08. The van der Waals surface area contributed by atoms with E-state index in [1.54, 1.807) is 35.5 Å². The number of aromatic nitrogens is 3. The molecule has 0 saturated carbocycles. The maximum atomic E-state index is 12.5. The van der Waals surface area contributed by atoms with Crippen molar-refractivity contribution in [1.29, 1.82) is 0 Å². The van der Waals surface area contributed by atoms with Gasteiger partial charge in [-0.1, -0.05) is 12.1 Å². The molecule has 25 heavy (non-hydrogen) atoms. The second-order valence-corrected chi connectivity index (χ2v) is 6.05. The van der Waals surface area contributed by atoms with Gasteiger partial charge in [0.25, 0.3) is 11.5 Å². The van der Waals surface area contributed by atoms with E-state index in [0.717, 1.165) is 6.42 Å². The van der Waals surface area contributed by atoms with Crippen LogP contribution in [0.2, 0.25) is 0 Å². The molecule has 1 aliphatic heterocycles. The number of benzene rings is 1. The lowest BCUT2D eigenvalue weighted by molar-refractivity contribution is 0.0791. The van der Waals surface area contributed by atoms with E-state index in [1.807, 2.05) is 18.2 Å². The van der Waals surface area contributed by atoms with E-state index in [0.29, 0.717) is 35.5 Å². The standard InChI is InChI=1S/C18H17N5O2/c24-16-14-3-1-2-4-15(14)21-18(22-16)20-13-7-10-23(11-13)17(25)12-5-8-19-9-6-12/h1-6,8-9,13H,7,10-11H2,(H2,20,21,22,24). The summed E-state index contributed by atoms with van der Waals surface area (Å²) < 4.78 is 0. The van der Waals surface area contributed by atoms with Crippen LogP contribution in [0.1, 0.15) is 16.8 Å². The number of carbonyl (C=O) groups is 1. The van der Waals surface area contributed by atoms with Gasteiger partial charge in [-0.3, -0.25) is 19.6 Å². The molecule has 1 fully saturated rings. The summed E-state index contributed by atoms with van der Waals surface area (Å²) in [7, 11) is 0. The van der Waals surface area contributed by atoms with Crippen LogP contribution in [-0.2, 0) is 0 Å². The van der Waals surface area contributed by atoms with Crippen molar-refractivity contribution in [3.63, 3.8) is 0 Å². The minimum absolute atomic E-state index is 0.00772. The van der Waals surface area contributed by atoms with Crippen LogP contribution in [0, 0.1) is 0 Å². The molecular formula is C18H17N5O2. The van der Waals surface area contributed by atoms with E-state index in [2.05, 4.69) is 20.3 Å². The Morgan fingerprint density at radius 2 is 2.00 bits per heavy atom. The van der Waals surface area contributed by atoms with E-state index in [4.69, 9.17) is 0 Å². The van der Waals surface area contributed by atoms with E-state index in [-0.39, 0.29) is 17.5 Å². The molecule has 1 saturated heterocycles. The van der Waals surface area contributed by atoms with Gasteiger partial charge >= 0.3 is 0 Å². The van der Waals surface area contributed by atoms with E-state index < -0.39 is 0 Å². The Labute approximate surface area is 143 Å². The van der Waals surface area contributed by atoms with E-state index in [1.165, 1.54) is 0 Å². The molecule has 1 amide bonds. The monoisotopic (exact) mass is 335 g/mol. The highest BCUT2D eigenvalue weighted by molar-refractivity contribution is 5.94.